The van der Waals surface area contributed by atoms with E-state index in [0.717, 1.165) is 19.4 Å². The van der Waals surface area contributed by atoms with Crippen LogP contribution in [0.5, 0.6) is 0 Å². The summed E-state index contributed by atoms with van der Waals surface area (Å²) in [5.74, 6) is 0.276. The summed E-state index contributed by atoms with van der Waals surface area (Å²) in [5.41, 5.74) is 5.89. The topological polar surface area (TPSA) is 55.1 Å². The number of rotatable bonds is 14. The van der Waals surface area contributed by atoms with E-state index in [1.165, 1.54) is 57.8 Å². The first-order valence-corrected chi connectivity index (χ1v) is 9.16. The molecule has 0 rings (SSSR count). The zero-order valence-electron chi connectivity index (χ0n) is 15.0. The number of nitrogens with two attached hydrogens (primary N) is 1. The van der Waals surface area contributed by atoms with Crippen LogP contribution in [0.1, 0.15) is 91.4 Å². The molecular weight excluding hydrogens is 296 g/mol. The maximum absolute atomic E-state index is 11.8. The standard InChI is InChI=1S/C18H38N2O.ClH/c1-4-6-7-8-9-10-11-12-13-14-15-20-18(21)17(19)16(3)5-2;/h16-17H,4-15,19H2,1-3H3,(H,20,21);1H/t16-,17-;/m0./s1. The SMILES string of the molecule is CCCCCCCCCCCCNC(=O)[C@@H](N)[C@@H](C)CC.Cl. The molecule has 0 aliphatic heterocycles. The van der Waals surface area contributed by atoms with Crippen molar-refractivity contribution < 1.29 is 4.79 Å². The minimum Gasteiger partial charge on any atom is -0.355 e. The van der Waals surface area contributed by atoms with E-state index in [2.05, 4.69) is 19.2 Å². The fourth-order valence-corrected chi connectivity index (χ4v) is 2.45. The molecule has 0 unspecified atom stereocenters. The summed E-state index contributed by atoms with van der Waals surface area (Å²) in [6, 6.07) is -0.349. The Morgan fingerprint density at radius 1 is 0.909 bits per heavy atom. The zero-order valence-corrected chi connectivity index (χ0v) is 15.9. The second-order valence-corrected chi connectivity index (χ2v) is 6.38. The molecule has 0 aromatic heterocycles. The van der Waals surface area contributed by atoms with Gasteiger partial charge in [-0.1, -0.05) is 85.0 Å². The third-order valence-corrected chi connectivity index (χ3v) is 4.39. The molecule has 134 valence electrons. The molecule has 2 atom stereocenters. The van der Waals surface area contributed by atoms with Gasteiger partial charge >= 0.3 is 0 Å². The summed E-state index contributed by atoms with van der Waals surface area (Å²) < 4.78 is 0. The number of halogens is 1. The Labute approximate surface area is 144 Å². The summed E-state index contributed by atoms with van der Waals surface area (Å²) in [6.07, 6.45) is 14.2. The number of unbranched alkanes of at least 4 members (excludes halogenated alkanes) is 9. The number of hydrogen-bond donors (Lipinski definition) is 2. The molecule has 1 amide bonds. The molecule has 0 bridgehead atoms. The van der Waals surface area contributed by atoms with Gasteiger partial charge in [0.1, 0.15) is 0 Å². The Kier molecular flexibility index (Phi) is 18.6. The van der Waals surface area contributed by atoms with E-state index < -0.39 is 0 Å². The molecule has 0 aliphatic carbocycles. The molecule has 0 aromatic carbocycles. The summed E-state index contributed by atoms with van der Waals surface area (Å²) in [6.45, 7) is 7.14. The quantitative estimate of drug-likeness (QED) is 0.447. The molecule has 3 N–H and O–H groups in total. The average molecular weight is 335 g/mol. The third-order valence-electron chi connectivity index (χ3n) is 4.39. The second kappa shape index (κ2) is 17.1. The summed E-state index contributed by atoms with van der Waals surface area (Å²) in [7, 11) is 0. The molecule has 0 fully saturated rings. The van der Waals surface area contributed by atoms with Crippen molar-refractivity contribution in [1.29, 1.82) is 0 Å². The van der Waals surface area contributed by atoms with Crippen molar-refractivity contribution in [1.82, 2.24) is 5.32 Å². The summed E-state index contributed by atoms with van der Waals surface area (Å²) >= 11 is 0. The Bertz CT molecular complexity index is 249. The van der Waals surface area contributed by atoms with Gasteiger partial charge in [0.15, 0.2) is 0 Å². The predicted molar refractivity (Wildman–Crippen MR) is 99.5 cm³/mol. The molecule has 0 saturated carbocycles. The molecule has 0 heterocycles. The Morgan fingerprint density at radius 2 is 1.36 bits per heavy atom. The monoisotopic (exact) mass is 334 g/mol. The lowest BCUT2D eigenvalue weighted by Gasteiger charge is -2.17. The Morgan fingerprint density at radius 3 is 1.82 bits per heavy atom. The van der Waals surface area contributed by atoms with E-state index in [1.807, 2.05) is 6.92 Å². The first-order valence-electron chi connectivity index (χ1n) is 9.16. The lowest BCUT2D eigenvalue weighted by molar-refractivity contribution is -0.123. The number of carbonyl (C=O) groups is 1. The fourth-order valence-electron chi connectivity index (χ4n) is 2.45. The van der Waals surface area contributed by atoms with Crippen LogP contribution in [-0.4, -0.2) is 18.5 Å². The van der Waals surface area contributed by atoms with Crippen molar-refractivity contribution in [3.05, 3.63) is 0 Å². The molecule has 22 heavy (non-hydrogen) atoms. The Hall–Kier alpha value is -0.280. The third kappa shape index (κ3) is 13.4. The lowest BCUT2D eigenvalue weighted by Crippen LogP contribution is -2.44. The first kappa shape index (κ1) is 24.0. The smallest absolute Gasteiger partial charge is 0.237 e. The van der Waals surface area contributed by atoms with Crippen LogP contribution in [-0.2, 0) is 4.79 Å². The van der Waals surface area contributed by atoms with Gasteiger partial charge < -0.3 is 11.1 Å². The molecule has 0 radical (unpaired) electrons. The van der Waals surface area contributed by atoms with Gasteiger partial charge in [-0.3, -0.25) is 4.79 Å². The van der Waals surface area contributed by atoms with Crippen LogP contribution in [0.3, 0.4) is 0 Å². The first-order chi connectivity index (χ1) is 10.1. The normalized spacial score (nSPS) is 13.3. The molecule has 0 saturated heterocycles. The zero-order chi connectivity index (χ0) is 15.9. The van der Waals surface area contributed by atoms with Gasteiger partial charge in [-0.2, -0.15) is 0 Å². The minimum absolute atomic E-state index is 0. The van der Waals surface area contributed by atoms with Crippen molar-refractivity contribution in [3.8, 4) is 0 Å². The number of amides is 1. The highest BCUT2D eigenvalue weighted by Crippen LogP contribution is 2.10. The van der Waals surface area contributed by atoms with Crippen LogP contribution in [0.2, 0.25) is 0 Å². The largest absolute Gasteiger partial charge is 0.355 e. The van der Waals surface area contributed by atoms with Gasteiger partial charge in [-0.25, -0.2) is 0 Å². The van der Waals surface area contributed by atoms with Crippen LogP contribution >= 0.6 is 12.4 Å². The number of hydrogen-bond acceptors (Lipinski definition) is 2. The maximum Gasteiger partial charge on any atom is 0.237 e. The molecule has 0 spiro atoms. The maximum atomic E-state index is 11.8. The molecule has 0 aromatic rings. The van der Waals surface area contributed by atoms with Crippen molar-refractivity contribution in [2.45, 2.75) is 97.4 Å². The fraction of sp³-hybridized carbons (Fsp3) is 0.944. The highest BCUT2D eigenvalue weighted by atomic mass is 35.5. The van der Waals surface area contributed by atoms with Gasteiger partial charge in [0, 0.05) is 6.54 Å². The molecule has 4 heteroatoms. The van der Waals surface area contributed by atoms with Crippen LogP contribution in [0.25, 0.3) is 0 Å². The van der Waals surface area contributed by atoms with Crippen LogP contribution < -0.4 is 11.1 Å². The minimum atomic E-state index is -0.349. The lowest BCUT2D eigenvalue weighted by atomic mass is 9.99. The second-order valence-electron chi connectivity index (χ2n) is 6.38. The number of nitrogens with one attached hydrogen (secondary N) is 1. The van der Waals surface area contributed by atoms with Crippen molar-refractivity contribution in [2.75, 3.05) is 6.54 Å². The molecule has 3 nitrogen and oxygen atoms in total. The van der Waals surface area contributed by atoms with Crippen LogP contribution in [0.15, 0.2) is 0 Å². The van der Waals surface area contributed by atoms with E-state index in [4.69, 9.17) is 5.73 Å². The average Bonchev–Trinajstić information content (AvgIpc) is 2.50. The van der Waals surface area contributed by atoms with Gasteiger partial charge in [0.25, 0.3) is 0 Å². The van der Waals surface area contributed by atoms with E-state index in [0.29, 0.717) is 0 Å². The van der Waals surface area contributed by atoms with E-state index in [-0.39, 0.29) is 30.3 Å². The Balaban J connectivity index is 0. The van der Waals surface area contributed by atoms with Crippen LogP contribution in [0.4, 0.5) is 0 Å². The van der Waals surface area contributed by atoms with Gasteiger partial charge in [0.05, 0.1) is 6.04 Å². The van der Waals surface area contributed by atoms with Crippen molar-refractivity contribution >= 4 is 18.3 Å². The van der Waals surface area contributed by atoms with E-state index >= 15 is 0 Å². The molecule has 0 aliphatic rings. The highest BCUT2D eigenvalue weighted by molar-refractivity contribution is 5.85. The summed E-state index contributed by atoms with van der Waals surface area (Å²) in [5, 5.41) is 2.96. The predicted octanol–water partition coefficient (Wildman–Crippen LogP) is 4.82. The highest BCUT2D eigenvalue weighted by Gasteiger charge is 2.18. The van der Waals surface area contributed by atoms with E-state index in [9.17, 15) is 4.79 Å². The van der Waals surface area contributed by atoms with Gasteiger partial charge in [-0.15, -0.1) is 12.4 Å². The van der Waals surface area contributed by atoms with Gasteiger partial charge in [0.2, 0.25) is 5.91 Å². The van der Waals surface area contributed by atoms with Crippen LogP contribution in [0, 0.1) is 5.92 Å². The van der Waals surface area contributed by atoms with Crippen molar-refractivity contribution in [3.63, 3.8) is 0 Å². The van der Waals surface area contributed by atoms with E-state index in [1.54, 1.807) is 0 Å². The van der Waals surface area contributed by atoms with Gasteiger partial charge in [-0.05, 0) is 12.3 Å². The van der Waals surface area contributed by atoms with Crippen molar-refractivity contribution in [2.24, 2.45) is 11.7 Å². The number of carbonyl (C=O) groups excluding carboxylic acids is 1. The summed E-state index contributed by atoms with van der Waals surface area (Å²) in [4.78, 5) is 11.8. The molecular formula is C18H39ClN2O.